The summed E-state index contributed by atoms with van der Waals surface area (Å²) in [6, 6.07) is 14.8. The van der Waals surface area contributed by atoms with Crippen molar-refractivity contribution in [3.05, 3.63) is 70.2 Å². The van der Waals surface area contributed by atoms with Crippen LogP contribution >= 0.6 is 11.6 Å². The third-order valence-corrected chi connectivity index (χ3v) is 3.32. The summed E-state index contributed by atoms with van der Waals surface area (Å²) in [6.45, 7) is 2.25. The molecule has 0 saturated heterocycles. The lowest BCUT2D eigenvalue weighted by molar-refractivity contribution is -0.125. The van der Waals surface area contributed by atoms with Gasteiger partial charge in [-0.1, -0.05) is 58.7 Å². The third-order valence-electron chi connectivity index (χ3n) is 3.09. The second-order valence-electron chi connectivity index (χ2n) is 5.02. The predicted molar refractivity (Wildman–Crippen MR) is 91.2 cm³/mol. The molecule has 0 aliphatic rings. The van der Waals surface area contributed by atoms with Gasteiger partial charge in [0.15, 0.2) is 12.4 Å². The molecule has 5 nitrogen and oxygen atoms in total. The van der Waals surface area contributed by atoms with E-state index in [-0.39, 0.29) is 18.3 Å². The summed E-state index contributed by atoms with van der Waals surface area (Å²) >= 11 is 5.87. The Morgan fingerprint density at radius 1 is 1.26 bits per heavy atom. The number of oxime groups is 1. The van der Waals surface area contributed by atoms with Crippen LogP contribution in [0.5, 0.6) is 0 Å². The summed E-state index contributed by atoms with van der Waals surface area (Å²) in [5.74, 6) is -0.105. The first-order valence-corrected chi connectivity index (χ1v) is 7.46. The predicted octanol–water partition coefficient (Wildman–Crippen LogP) is 2.60. The Bertz CT molecular complexity index is 699. The summed E-state index contributed by atoms with van der Waals surface area (Å²) in [5.41, 5.74) is 8.60. The molecule has 2 aromatic rings. The van der Waals surface area contributed by atoms with Crippen LogP contribution in [-0.2, 0) is 16.2 Å². The van der Waals surface area contributed by atoms with Crippen molar-refractivity contribution in [1.82, 2.24) is 5.32 Å². The fourth-order valence-electron chi connectivity index (χ4n) is 1.82. The topological polar surface area (TPSA) is 76.7 Å². The summed E-state index contributed by atoms with van der Waals surface area (Å²) in [4.78, 5) is 16.7. The van der Waals surface area contributed by atoms with E-state index in [2.05, 4.69) is 10.5 Å². The SMILES string of the molecule is Cc1ccc(CNC(=O)CO/N=C(\N)c2cccc(Cl)c2)cc1. The Kier molecular flexibility index (Phi) is 6.00. The first-order chi connectivity index (χ1) is 11.0. The van der Waals surface area contributed by atoms with Gasteiger partial charge < -0.3 is 15.9 Å². The Morgan fingerprint density at radius 2 is 2.00 bits per heavy atom. The molecule has 23 heavy (non-hydrogen) atoms. The van der Waals surface area contributed by atoms with Crippen LogP contribution in [0.4, 0.5) is 0 Å². The number of hydrogen-bond acceptors (Lipinski definition) is 3. The molecule has 0 unspecified atom stereocenters. The van der Waals surface area contributed by atoms with Crippen molar-refractivity contribution in [3.63, 3.8) is 0 Å². The van der Waals surface area contributed by atoms with E-state index in [0.717, 1.165) is 5.56 Å². The molecule has 1 amide bonds. The minimum absolute atomic E-state index is 0.166. The zero-order valence-electron chi connectivity index (χ0n) is 12.8. The van der Waals surface area contributed by atoms with Gasteiger partial charge >= 0.3 is 0 Å². The largest absolute Gasteiger partial charge is 0.384 e. The summed E-state index contributed by atoms with van der Waals surface area (Å²) < 4.78 is 0. The molecule has 0 aromatic heterocycles. The molecule has 120 valence electrons. The van der Waals surface area contributed by atoms with Crippen molar-refractivity contribution in [2.24, 2.45) is 10.9 Å². The number of nitrogens with zero attached hydrogens (tertiary/aromatic N) is 1. The van der Waals surface area contributed by atoms with E-state index in [0.29, 0.717) is 17.1 Å². The molecule has 3 N–H and O–H groups in total. The van der Waals surface area contributed by atoms with E-state index in [9.17, 15) is 4.79 Å². The fourth-order valence-corrected chi connectivity index (χ4v) is 2.01. The van der Waals surface area contributed by atoms with Gasteiger partial charge in [0, 0.05) is 17.1 Å². The molecule has 0 fully saturated rings. The monoisotopic (exact) mass is 331 g/mol. The zero-order chi connectivity index (χ0) is 16.7. The van der Waals surface area contributed by atoms with Gasteiger partial charge in [-0.3, -0.25) is 4.79 Å². The van der Waals surface area contributed by atoms with Crippen LogP contribution in [0.25, 0.3) is 0 Å². The number of carbonyl (C=O) groups is 1. The van der Waals surface area contributed by atoms with Gasteiger partial charge in [-0.15, -0.1) is 0 Å². The maximum absolute atomic E-state index is 11.7. The number of hydrogen-bond donors (Lipinski definition) is 2. The van der Waals surface area contributed by atoms with Gasteiger partial charge in [-0.05, 0) is 24.6 Å². The molecule has 0 bridgehead atoms. The summed E-state index contributed by atoms with van der Waals surface area (Å²) in [7, 11) is 0. The minimum Gasteiger partial charge on any atom is -0.384 e. The molecule has 0 atom stereocenters. The molecular formula is C17H18ClN3O2. The van der Waals surface area contributed by atoms with Crippen LogP contribution in [-0.4, -0.2) is 18.3 Å². The van der Waals surface area contributed by atoms with E-state index in [1.54, 1.807) is 24.3 Å². The quantitative estimate of drug-likeness (QED) is 0.485. The number of carbonyl (C=O) groups excluding carboxylic acids is 1. The average molecular weight is 332 g/mol. The van der Waals surface area contributed by atoms with Crippen LogP contribution in [0.2, 0.25) is 5.02 Å². The van der Waals surface area contributed by atoms with Crippen LogP contribution in [0, 0.1) is 6.92 Å². The average Bonchev–Trinajstić information content (AvgIpc) is 2.54. The summed E-state index contributed by atoms with van der Waals surface area (Å²) in [6.07, 6.45) is 0. The lowest BCUT2D eigenvalue weighted by Crippen LogP contribution is -2.27. The lowest BCUT2D eigenvalue weighted by Gasteiger charge is -2.06. The van der Waals surface area contributed by atoms with Crippen molar-refractivity contribution < 1.29 is 9.63 Å². The maximum atomic E-state index is 11.7. The molecule has 0 heterocycles. The van der Waals surface area contributed by atoms with Crippen LogP contribution < -0.4 is 11.1 Å². The van der Waals surface area contributed by atoms with Crippen molar-refractivity contribution in [2.75, 3.05) is 6.61 Å². The molecule has 0 aliphatic heterocycles. The van der Waals surface area contributed by atoms with Crippen molar-refractivity contribution in [3.8, 4) is 0 Å². The number of benzene rings is 2. The lowest BCUT2D eigenvalue weighted by atomic mass is 10.1. The standard InChI is InChI=1S/C17H18ClN3O2/c1-12-5-7-13(8-6-12)10-20-16(22)11-23-21-17(19)14-3-2-4-15(18)9-14/h2-9H,10-11H2,1H3,(H2,19,21)(H,20,22). The Balaban J connectivity index is 1.77. The highest BCUT2D eigenvalue weighted by molar-refractivity contribution is 6.31. The smallest absolute Gasteiger partial charge is 0.261 e. The summed E-state index contributed by atoms with van der Waals surface area (Å²) in [5, 5.41) is 7.02. The van der Waals surface area contributed by atoms with Crippen LogP contribution in [0.3, 0.4) is 0 Å². The number of nitrogens with two attached hydrogens (primary N) is 1. The number of amides is 1. The van der Waals surface area contributed by atoms with Crippen LogP contribution in [0.15, 0.2) is 53.7 Å². The van der Waals surface area contributed by atoms with Crippen molar-refractivity contribution in [2.45, 2.75) is 13.5 Å². The second kappa shape index (κ2) is 8.19. The van der Waals surface area contributed by atoms with Crippen LogP contribution in [0.1, 0.15) is 16.7 Å². The number of aryl methyl sites for hydroxylation is 1. The normalized spacial score (nSPS) is 11.1. The molecule has 0 saturated carbocycles. The van der Waals surface area contributed by atoms with E-state index < -0.39 is 0 Å². The molecule has 0 aliphatic carbocycles. The molecule has 0 spiro atoms. The maximum Gasteiger partial charge on any atom is 0.261 e. The number of rotatable bonds is 6. The van der Waals surface area contributed by atoms with Gasteiger partial charge in [0.2, 0.25) is 0 Å². The molecular weight excluding hydrogens is 314 g/mol. The van der Waals surface area contributed by atoms with E-state index in [1.165, 1.54) is 5.56 Å². The number of amidine groups is 1. The van der Waals surface area contributed by atoms with E-state index in [1.807, 2.05) is 31.2 Å². The first-order valence-electron chi connectivity index (χ1n) is 7.08. The Morgan fingerprint density at radius 3 is 2.70 bits per heavy atom. The fraction of sp³-hybridized carbons (Fsp3) is 0.176. The molecule has 2 rings (SSSR count). The van der Waals surface area contributed by atoms with Gasteiger partial charge in [0.1, 0.15) is 0 Å². The highest BCUT2D eigenvalue weighted by Crippen LogP contribution is 2.10. The Hall–Kier alpha value is -2.53. The Labute approximate surface area is 140 Å². The van der Waals surface area contributed by atoms with Gasteiger partial charge in [-0.25, -0.2) is 0 Å². The van der Waals surface area contributed by atoms with E-state index in [4.69, 9.17) is 22.2 Å². The third kappa shape index (κ3) is 5.64. The minimum atomic E-state index is -0.270. The first kappa shape index (κ1) is 16.8. The van der Waals surface area contributed by atoms with Crippen molar-refractivity contribution in [1.29, 1.82) is 0 Å². The molecule has 0 radical (unpaired) electrons. The highest BCUT2D eigenvalue weighted by Gasteiger charge is 2.03. The molecule has 6 heteroatoms. The highest BCUT2D eigenvalue weighted by atomic mass is 35.5. The second-order valence-corrected chi connectivity index (χ2v) is 5.46. The number of nitrogens with one attached hydrogen (secondary N) is 1. The van der Waals surface area contributed by atoms with E-state index >= 15 is 0 Å². The zero-order valence-corrected chi connectivity index (χ0v) is 13.5. The van der Waals surface area contributed by atoms with Gasteiger partial charge in [-0.2, -0.15) is 0 Å². The van der Waals surface area contributed by atoms with Crippen molar-refractivity contribution >= 4 is 23.3 Å². The number of halogens is 1. The van der Waals surface area contributed by atoms with Gasteiger partial charge in [0.25, 0.3) is 5.91 Å². The molecule has 2 aromatic carbocycles. The van der Waals surface area contributed by atoms with Gasteiger partial charge in [0.05, 0.1) is 0 Å².